The molecule has 0 bridgehead atoms. The maximum atomic E-state index is 12.1. The number of aliphatic carboxylic acids is 1. The zero-order valence-electron chi connectivity index (χ0n) is 9.83. The van der Waals surface area contributed by atoms with Crippen molar-refractivity contribution >= 4 is 11.9 Å². The molecule has 3 N–H and O–H groups in total. The fourth-order valence-electron chi connectivity index (χ4n) is 1.82. The van der Waals surface area contributed by atoms with E-state index in [1.165, 1.54) is 4.90 Å². The van der Waals surface area contributed by atoms with Gasteiger partial charge in [-0.2, -0.15) is 0 Å². The topological polar surface area (TPSA) is 120 Å². The molecule has 1 atom stereocenters. The van der Waals surface area contributed by atoms with Gasteiger partial charge in [-0.25, -0.2) is 4.79 Å². The Morgan fingerprint density at radius 2 is 2.16 bits per heavy atom. The Morgan fingerprint density at radius 3 is 2.79 bits per heavy atom. The lowest BCUT2D eigenvalue weighted by atomic mass is 10.2. The number of nitrogens with zero attached hydrogens (tertiary/aromatic N) is 1. The Kier molecular flexibility index (Phi) is 3.52. The highest BCUT2D eigenvalue weighted by Gasteiger charge is 2.29. The van der Waals surface area contributed by atoms with Gasteiger partial charge in [-0.1, -0.05) is 0 Å². The van der Waals surface area contributed by atoms with Gasteiger partial charge >= 0.3 is 5.97 Å². The van der Waals surface area contributed by atoms with Crippen LogP contribution in [0.25, 0.3) is 0 Å². The molecule has 8 nitrogen and oxygen atoms in total. The lowest BCUT2D eigenvalue weighted by Gasteiger charge is -2.30. The summed E-state index contributed by atoms with van der Waals surface area (Å²) in [6.07, 6.45) is -1.08. The summed E-state index contributed by atoms with van der Waals surface area (Å²) in [5.41, 5.74) is -0.598. The third-order valence-corrected chi connectivity index (χ3v) is 2.71. The zero-order chi connectivity index (χ0) is 14.0. The van der Waals surface area contributed by atoms with Crippen LogP contribution in [0.4, 0.5) is 0 Å². The van der Waals surface area contributed by atoms with Crippen LogP contribution < -0.4 is 5.56 Å². The van der Waals surface area contributed by atoms with E-state index in [-0.39, 0.29) is 25.3 Å². The van der Waals surface area contributed by atoms with E-state index in [4.69, 9.17) is 9.84 Å². The molecular weight excluding hydrogens is 256 g/mol. The van der Waals surface area contributed by atoms with Crippen molar-refractivity contribution in [2.45, 2.75) is 6.10 Å². The van der Waals surface area contributed by atoms with Gasteiger partial charge in [0.1, 0.15) is 0 Å². The first-order valence-corrected chi connectivity index (χ1v) is 5.54. The SMILES string of the molecule is O=C(O)C1CN(C(=O)c2cc(O)[nH]c(=O)c2)CCO1. The molecule has 0 aromatic carbocycles. The van der Waals surface area contributed by atoms with Gasteiger partial charge in [0, 0.05) is 18.7 Å². The summed E-state index contributed by atoms with van der Waals surface area (Å²) in [5.74, 6) is -2.08. The van der Waals surface area contributed by atoms with Gasteiger partial charge in [0.25, 0.3) is 11.5 Å². The number of amides is 1. The number of pyridine rings is 1. The molecule has 0 radical (unpaired) electrons. The third-order valence-electron chi connectivity index (χ3n) is 2.71. The summed E-state index contributed by atoms with van der Waals surface area (Å²) in [7, 11) is 0. The van der Waals surface area contributed by atoms with Crippen LogP contribution in [0.15, 0.2) is 16.9 Å². The first-order valence-electron chi connectivity index (χ1n) is 5.54. The number of carbonyl (C=O) groups excluding carboxylic acids is 1. The van der Waals surface area contributed by atoms with E-state index < -0.39 is 29.4 Å². The van der Waals surface area contributed by atoms with Crippen molar-refractivity contribution in [1.29, 1.82) is 0 Å². The van der Waals surface area contributed by atoms with Crippen molar-refractivity contribution in [3.8, 4) is 5.88 Å². The molecule has 1 aliphatic rings. The smallest absolute Gasteiger partial charge is 0.334 e. The van der Waals surface area contributed by atoms with Gasteiger partial charge in [-0.3, -0.25) is 14.6 Å². The number of hydrogen-bond acceptors (Lipinski definition) is 5. The molecule has 1 unspecified atom stereocenters. The monoisotopic (exact) mass is 268 g/mol. The number of aromatic nitrogens is 1. The Hall–Kier alpha value is -2.35. The highest BCUT2D eigenvalue weighted by Crippen LogP contribution is 2.12. The molecule has 19 heavy (non-hydrogen) atoms. The van der Waals surface area contributed by atoms with Crippen LogP contribution in [0, 0.1) is 0 Å². The Morgan fingerprint density at radius 1 is 1.42 bits per heavy atom. The van der Waals surface area contributed by atoms with Crippen molar-refractivity contribution < 1.29 is 24.5 Å². The second kappa shape index (κ2) is 5.11. The quantitative estimate of drug-likeness (QED) is 0.633. The number of H-pyrrole nitrogens is 1. The molecule has 0 spiro atoms. The van der Waals surface area contributed by atoms with Crippen LogP contribution in [0.2, 0.25) is 0 Å². The number of aromatic hydroxyl groups is 1. The molecule has 1 saturated heterocycles. The average Bonchev–Trinajstić information content (AvgIpc) is 2.37. The second-order valence-corrected chi connectivity index (χ2v) is 4.07. The molecule has 1 fully saturated rings. The number of carboxylic acid groups (broad SMARTS) is 1. The molecule has 1 aromatic rings. The maximum Gasteiger partial charge on any atom is 0.334 e. The number of ether oxygens (including phenoxy) is 1. The van der Waals surface area contributed by atoms with E-state index in [9.17, 15) is 19.5 Å². The van der Waals surface area contributed by atoms with Crippen molar-refractivity contribution in [1.82, 2.24) is 9.88 Å². The van der Waals surface area contributed by atoms with Gasteiger partial charge in [0.05, 0.1) is 18.7 Å². The first-order chi connectivity index (χ1) is 8.97. The van der Waals surface area contributed by atoms with Crippen molar-refractivity contribution in [3.63, 3.8) is 0 Å². The molecule has 1 aromatic heterocycles. The summed E-state index contributed by atoms with van der Waals surface area (Å²) in [4.78, 5) is 37.4. The Balaban J connectivity index is 2.19. The normalized spacial score (nSPS) is 19.2. The minimum absolute atomic E-state index is 0.00675. The van der Waals surface area contributed by atoms with Gasteiger partial charge in [0.15, 0.2) is 12.0 Å². The van der Waals surface area contributed by atoms with Crippen molar-refractivity contribution in [3.05, 3.63) is 28.0 Å². The summed E-state index contributed by atoms with van der Waals surface area (Å²) in [5, 5.41) is 18.1. The van der Waals surface area contributed by atoms with E-state index in [1.807, 2.05) is 0 Å². The van der Waals surface area contributed by atoms with Crippen LogP contribution in [-0.2, 0) is 9.53 Å². The zero-order valence-corrected chi connectivity index (χ0v) is 9.83. The molecule has 0 aliphatic carbocycles. The summed E-state index contributed by atoms with van der Waals surface area (Å²) < 4.78 is 4.99. The molecule has 8 heteroatoms. The lowest BCUT2D eigenvalue weighted by molar-refractivity contribution is -0.154. The minimum atomic E-state index is -1.15. The van der Waals surface area contributed by atoms with Crippen LogP contribution >= 0.6 is 0 Å². The molecule has 1 amide bonds. The average molecular weight is 268 g/mol. The highest BCUT2D eigenvalue weighted by molar-refractivity contribution is 5.94. The fourth-order valence-corrected chi connectivity index (χ4v) is 1.82. The van der Waals surface area contributed by atoms with E-state index in [0.717, 1.165) is 12.1 Å². The summed E-state index contributed by atoms with van der Waals surface area (Å²) >= 11 is 0. The van der Waals surface area contributed by atoms with E-state index in [1.54, 1.807) is 0 Å². The molecular formula is C11H12N2O6. The molecule has 2 heterocycles. The minimum Gasteiger partial charge on any atom is -0.494 e. The fraction of sp³-hybridized carbons (Fsp3) is 0.364. The van der Waals surface area contributed by atoms with Crippen LogP contribution in [0.5, 0.6) is 5.88 Å². The first kappa shape index (κ1) is 13.1. The number of rotatable bonds is 2. The highest BCUT2D eigenvalue weighted by atomic mass is 16.5. The summed E-state index contributed by atoms with van der Waals surface area (Å²) in [6, 6.07) is 2.17. The van der Waals surface area contributed by atoms with Crippen LogP contribution in [0.1, 0.15) is 10.4 Å². The van der Waals surface area contributed by atoms with E-state index in [0.29, 0.717) is 0 Å². The number of nitrogens with one attached hydrogen (secondary N) is 1. The maximum absolute atomic E-state index is 12.1. The van der Waals surface area contributed by atoms with Crippen molar-refractivity contribution in [2.75, 3.05) is 19.7 Å². The van der Waals surface area contributed by atoms with E-state index in [2.05, 4.69) is 4.98 Å². The van der Waals surface area contributed by atoms with Crippen molar-refractivity contribution in [2.24, 2.45) is 0 Å². The molecule has 2 rings (SSSR count). The summed E-state index contributed by atoms with van der Waals surface area (Å²) in [6.45, 7) is 0.246. The number of hydrogen-bond donors (Lipinski definition) is 3. The lowest BCUT2D eigenvalue weighted by Crippen LogP contribution is -2.48. The largest absolute Gasteiger partial charge is 0.494 e. The van der Waals surface area contributed by atoms with Gasteiger partial charge in [-0.15, -0.1) is 0 Å². The number of carboxylic acids is 1. The number of aromatic amines is 1. The van der Waals surface area contributed by atoms with Gasteiger partial charge < -0.3 is 19.8 Å². The second-order valence-electron chi connectivity index (χ2n) is 4.07. The van der Waals surface area contributed by atoms with E-state index >= 15 is 0 Å². The Labute approximate surface area is 107 Å². The number of carbonyl (C=O) groups is 2. The third kappa shape index (κ3) is 2.91. The molecule has 102 valence electrons. The predicted octanol–water partition coefficient (Wildman–Crippen LogP) is -0.994. The molecule has 1 aliphatic heterocycles. The van der Waals surface area contributed by atoms with Crippen LogP contribution in [0.3, 0.4) is 0 Å². The van der Waals surface area contributed by atoms with Gasteiger partial charge in [-0.05, 0) is 0 Å². The van der Waals surface area contributed by atoms with Gasteiger partial charge in [0.2, 0.25) is 0 Å². The van der Waals surface area contributed by atoms with Crippen LogP contribution in [-0.4, -0.2) is 57.8 Å². The standard InChI is InChI=1S/C11H12N2O6/c14-8-3-6(4-9(15)12-8)10(16)13-1-2-19-7(5-13)11(17)18/h3-4,7H,1-2,5H2,(H,17,18)(H2,12,14,15). The number of morpholine rings is 1. The predicted molar refractivity (Wildman–Crippen MR) is 62.0 cm³/mol. The molecule has 0 saturated carbocycles. The Bertz CT molecular complexity index is 567.